The van der Waals surface area contributed by atoms with Gasteiger partial charge in [-0.1, -0.05) is 48.5 Å². The molecular weight excluding hydrogens is 268 g/mol. The average Bonchev–Trinajstić information content (AvgIpc) is 2.43. The number of rotatable bonds is 1. The molecule has 0 unspecified atom stereocenters. The minimum absolute atomic E-state index is 0.245. The van der Waals surface area contributed by atoms with Gasteiger partial charge in [0.15, 0.2) is 0 Å². The van der Waals surface area contributed by atoms with Gasteiger partial charge in [0.2, 0.25) is 0 Å². The zero-order valence-electron chi connectivity index (χ0n) is 10.5. The SMILES string of the molecule is O[Si](O)(O)c1cc2cccc3ccc4cccc1c4c32. The van der Waals surface area contributed by atoms with Crippen LogP contribution in [0.25, 0.3) is 32.3 Å². The van der Waals surface area contributed by atoms with Crippen molar-refractivity contribution in [1.82, 2.24) is 0 Å². The topological polar surface area (TPSA) is 60.7 Å². The van der Waals surface area contributed by atoms with Crippen molar-refractivity contribution in [3.8, 4) is 0 Å². The van der Waals surface area contributed by atoms with Gasteiger partial charge in [-0.2, -0.15) is 0 Å². The molecule has 4 heteroatoms. The summed E-state index contributed by atoms with van der Waals surface area (Å²) in [5.74, 6) is 0. The average molecular weight is 280 g/mol. The van der Waals surface area contributed by atoms with Gasteiger partial charge < -0.3 is 14.4 Å². The molecule has 4 rings (SSSR count). The highest BCUT2D eigenvalue weighted by molar-refractivity contribution is 6.74. The van der Waals surface area contributed by atoms with E-state index >= 15 is 0 Å². The molecule has 0 spiro atoms. The van der Waals surface area contributed by atoms with E-state index in [0.29, 0.717) is 5.39 Å². The summed E-state index contributed by atoms with van der Waals surface area (Å²) in [5, 5.41) is 6.09. The summed E-state index contributed by atoms with van der Waals surface area (Å²) in [6.07, 6.45) is 0. The van der Waals surface area contributed by atoms with E-state index in [1.165, 1.54) is 0 Å². The van der Waals surface area contributed by atoms with Crippen LogP contribution in [-0.2, 0) is 0 Å². The zero-order valence-corrected chi connectivity index (χ0v) is 11.5. The number of hydrogen-bond acceptors (Lipinski definition) is 3. The zero-order chi connectivity index (χ0) is 13.9. The third kappa shape index (κ3) is 1.50. The predicted octanol–water partition coefficient (Wildman–Crippen LogP) is 1.71. The van der Waals surface area contributed by atoms with Crippen LogP contribution >= 0.6 is 0 Å². The Balaban J connectivity index is 2.37. The van der Waals surface area contributed by atoms with Crippen LogP contribution in [0.2, 0.25) is 0 Å². The van der Waals surface area contributed by atoms with Crippen LogP contribution in [0.3, 0.4) is 0 Å². The quantitative estimate of drug-likeness (QED) is 0.367. The number of benzene rings is 4. The molecule has 3 N–H and O–H groups in total. The molecule has 0 radical (unpaired) electrons. The fraction of sp³-hybridized carbons (Fsp3) is 0. The maximum Gasteiger partial charge on any atom is 0.529 e. The van der Waals surface area contributed by atoms with Crippen molar-refractivity contribution in [3.05, 3.63) is 54.6 Å². The molecule has 0 aromatic heterocycles. The Kier molecular flexibility index (Phi) is 2.23. The molecule has 4 aromatic carbocycles. The summed E-state index contributed by atoms with van der Waals surface area (Å²) in [4.78, 5) is 29.3. The molecule has 0 bridgehead atoms. The lowest BCUT2D eigenvalue weighted by atomic mass is 9.94. The summed E-state index contributed by atoms with van der Waals surface area (Å²) < 4.78 is 0. The van der Waals surface area contributed by atoms with Gasteiger partial charge in [0, 0.05) is 5.19 Å². The molecule has 3 nitrogen and oxygen atoms in total. The number of hydrogen-bond donors (Lipinski definition) is 3. The van der Waals surface area contributed by atoms with Gasteiger partial charge in [-0.25, -0.2) is 0 Å². The monoisotopic (exact) mass is 280 g/mol. The second-order valence-electron chi connectivity index (χ2n) is 5.11. The lowest BCUT2D eigenvalue weighted by Gasteiger charge is -2.17. The summed E-state index contributed by atoms with van der Waals surface area (Å²) in [6.45, 7) is 0. The first-order valence-electron chi connectivity index (χ1n) is 6.40. The van der Waals surface area contributed by atoms with Gasteiger partial charge in [0.05, 0.1) is 0 Å². The van der Waals surface area contributed by atoms with Gasteiger partial charge in [-0.15, -0.1) is 0 Å². The summed E-state index contributed by atoms with van der Waals surface area (Å²) >= 11 is 0. The van der Waals surface area contributed by atoms with Crippen LogP contribution in [0.15, 0.2) is 54.6 Å². The Labute approximate surface area is 116 Å². The third-order valence-corrected chi connectivity index (χ3v) is 5.01. The molecule has 0 saturated heterocycles. The van der Waals surface area contributed by atoms with Crippen molar-refractivity contribution in [3.63, 3.8) is 0 Å². The lowest BCUT2D eigenvalue weighted by Crippen LogP contribution is -2.49. The summed E-state index contributed by atoms with van der Waals surface area (Å²) in [5.41, 5.74) is 0. The Morgan fingerprint density at radius 1 is 0.650 bits per heavy atom. The van der Waals surface area contributed by atoms with E-state index in [9.17, 15) is 14.4 Å². The standard InChI is InChI=1S/C16H12O3Si/c17-20(18,19)14-9-12-5-1-3-10-7-8-11-4-2-6-13(14)16(11)15(10)12/h1-9,17-19H. The first-order valence-corrected chi connectivity index (χ1v) is 8.24. The van der Waals surface area contributed by atoms with Crippen molar-refractivity contribution < 1.29 is 14.4 Å². The highest BCUT2D eigenvalue weighted by Crippen LogP contribution is 2.33. The second-order valence-corrected chi connectivity index (χ2v) is 6.92. The minimum Gasteiger partial charge on any atom is -0.386 e. The molecule has 0 aliphatic heterocycles. The van der Waals surface area contributed by atoms with Crippen molar-refractivity contribution in [2.75, 3.05) is 0 Å². The molecule has 0 saturated carbocycles. The molecule has 4 aromatic rings. The molecule has 20 heavy (non-hydrogen) atoms. The van der Waals surface area contributed by atoms with Crippen molar-refractivity contribution in [2.24, 2.45) is 0 Å². The molecule has 0 aliphatic carbocycles. The van der Waals surface area contributed by atoms with Gasteiger partial charge in [-0.3, -0.25) is 0 Å². The highest BCUT2D eigenvalue weighted by atomic mass is 28.4. The van der Waals surface area contributed by atoms with E-state index in [1.807, 2.05) is 42.5 Å². The molecular formula is C16H12O3Si. The molecule has 0 heterocycles. The van der Waals surface area contributed by atoms with Gasteiger partial charge in [-0.05, 0) is 38.4 Å². The maximum absolute atomic E-state index is 9.76. The second kappa shape index (κ2) is 3.77. The van der Waals surface area contributed by atoms with Crippen molar-refractivity contribution >= 4 is 46.3 Å². The fourth-order valence-electron chi connectivity index (χ4n) is 3.04. The minimum atomic E-state index is -4.36. The van der Waals surface area contributed by atoms with Gasteiger partial charge in [0.1, 0.15) is 0 Å². The molecule has 0 fully saturated rings. The Hall–Kier alpha value is -1.98. The molecule has 98 valence electrons. The van der Waals surface area contributed by atoms with Crippen molar-refractivity contribution in [1.29, 1.82) is 0 Å². The highest BCUT2D eigenvalue weighted by Gasteiger charge is 2.33. The Bertz CT molecular complexity index is 941. The van der Waals surface area contributed by atoms with Crippen LogP contribution in [-0.4, -0.2) is 23.2 Å². The Morgan fingerprint density at radius 2 is 1.25 bits per heavy atom. The van der Waals surface area contributed by atoms with Gasteiger partial charge >= 0.3 is 8.80 Å². The summed E-state index contributed by atoms with van der Waals surface area (Å²) in [7, 11) is -4.36. The van der Waals surface area contributed by atoms with Gasteiger partial charge in [0.25, 0.3) is 0 Å². The van der Waals surface area contributed by atoms with Crippen LogP contribution in [0.1, 0.15) is 0 Å². The van der Waals surface area contributed by atoms with E-state index in [2.05, 4.69) is 6.07 Å². The smallest absolute Gasteiger partial charge is 0.386 e. The van der Waals surface area contributed by atoms with Crippen LogP contribution in [0.4, 0.5) is 0 Å². The normalized spacial score (nSPS) is 12.8. The van der Waals surface area contributed by atoms with E-state index in [0.717, 1.165) is 26.9 Å². The van der Waals surface area contributed by atoms with Crippen LogP contribution < -0.4 is 5.19 Å². The molecule has 0 atom stereocenters. The predicted molar refractivity (Wildman–Crippen MR) is 82.2 cm³/mol. The van der Waals surface area contributed by atoms with E-state index in [-0.39, 0.29) is 5.19 Å². The largest absolute Gasteiger partial charge is 0.529 e. The van der Waals surface area contributed by atoms with E-state index < -0.39 is 8.80 Å². The third-order valence-electron chi connectivity index (χ3n) is 3.87. The fourth-order valence-corrected chi connectivity index (χ4v) is 3.96. The van der Waals surface area contributed by atoms with E-state index in [1.54, 1.807) is 6.07 Å². The molecule has 0 aliphatic rings. The Morgan fingerprint density at radius 3 is 1.95 bits per heavy atom. The van der Waals surface area contributed by atoms with Crippen LogP contribution in [0, 0.1) is 0 Å². The first kappa shape index (κ1) is 11.8. The lowest BCUT2D eigenvalue weighted by molar-refractivity contribution is 0.250. The van der Waals surface area contributed by atoms with Crippen LogP contribution in [0.5, 0.6) is 0 Å². The van der Waals surface area contributed by atoms with E-state index in [4.69, 9.17) is 0 Å². The molecule has 0 amide bonds. The van der Waals surface area contributed by atoms with Crippen molar-refractivity contribution in [2.45, 2.75) is 0 Å². The summed E-state index contributed by atoms with van der Waals surface area (Å²) in [6, 6.07) is 17.4. The maximum atomic E-state index is 9.76. The first-order chi connectivity index (χ1) is 9.55.